The molecule has 1 aromatic heterocycles. The van der Waals surface area contributed by atoms with Crippen LogP contribution in [0.5, 0.6) is 0 Å². The number of rotatable bonds is 23. The fourth-order valence-electron chi connectivity index (χ4n) is 5.75. The van der Waals surface area contributed by atoms with Crippen LogP contribution >= 0.6 is 0 Å². The normalized spacial score (nSPS) is 14.5. The fraction of sp³-hybridized carbons (Fsp3) is 0.686. The number of ether oxygens (including phenoxy) is 2. The Morgan fingerprint density at radius 3 is 2.14 bits per heavy atom. The first-order valence-corrected chi connectivity index (χ1v) is 16.9. The van der Waals surface area contributed by atoms with E-state index in [1.165, 1.54) is 94.4 Å². The number of alkyl carbamates (subject to hydrolysis) is 1. The summed E-state index contributed by atoms with van der Waals surface area (Å²) in [6.45, 7) is 5.01. The SMILES string of the molecule is CCCCCCCCCCCCCCCCCNC(=O)OCC1CN(CCCC[n+]2cccc3ccccc32)C(=O)O1.[Br-]. The molecule has 43 heavy (non-hydrogen) atoms. The van der Waals surface area contributed by atoms with Gasteiger partial charge in [0.15, 0.2) is 12.3 Å². The van der Waals surface area contributed by atoms with E-state index in [2.05, 4.69) is 59.4 Å². The van der Waals surface area contributed by atoms with Crippen LogP contribution in [0.15, 0.2) is 42.6 Å². The van der Waals surface area contributed by atoms with Gasteiger partial charge in [-0.25, -0.2) is 9.59 Å². The molecule has 1 atom stereocenters. The molecular weight excluding hydrogens is 606 g/mol. The summed E-state index contributed by atoms with van der Waals surface area (Å²) in [6.07, 6.45) is 22.7. The minimum absolute atomic E-state index is 0. The fourth-order valence-corrected chi connectivity index (χ4v) is 5.75. The zero-order valence-corrected chi connectivity index (χ0v) is 28.2. The van der Waals surface area contributed by atoms with Crippen LogP contribution in [0.1, 0.15) is 116 Å². The highest BCUT2D eigenvalue weighted by molar-refractivity contribution is 5.75. The van der Waals surface area contributed by atoms with Crippen molar-refractivity contribution in [2.24, 2.45) is 0 Å². The van der Waals surface area contributed by atoms with E-state index in [4.69, 9.17) is 9.47 Å². The highest BCUT2D eigenvalue weighted by Crippen LogP contribution is 2.15. The van der Waals surface area contributed by atoms with E-state index < -0.39 is 12.2 Å². The molecule has 2 heterocycles. The van der Waals surface area contributed by atoms with Crippen molar-refractivity contribution >= 4 is 23.1 Å². The van der Waals surface area contributed by atoms with E-state index >= 15 is 0 Å². The Labute approximate surface area is 270 Å². The molecule has 1 unspecified atom stereocenters. The van der Waals surface area contributed by atoms with Gasteiger partial charge in [0.1, 0.15) is 13.2 Å². The number of amides is 2. The van der Waals surface area contributed by atoms with Gasteiger partial charge < -0.3 is 36.7 Å². The highest BCUT2D eigenvalue weighted by atomic mass is 79.9. The molecule has 1 N–H and O–H groups in total. The second-order valence-corrected chi connectivity index (χ2v) is 11.9. The molecule has 1 aliphatic rings. The van der Waals surface area contributed by atoms with Gasteiger partial charge in [0.05, 0.1) is 6.54 Å². The highest BCUT2D eigenvalue weighted by Gasteiger charge is 2.31. The first-order valence-electron chi connectivity index (χ1n) is 16.9. The smallest absolute Gasteiger partial charge is 0.410 e. The third kappa shape index (κ3) is 15.3. The molecule has 2 aromatic rings. The standard InChI is InChI=1S/C35H55N3O4.BrH/c1-2-3-4-5-6-7-8-9-10-11-12-13-14-15-18-25-36-34(39)41-30-32-29-38(35(40)42-32)27-20-19-26-37-28-21-23-31-22-16-17-24-33(31)37;/h16-17,21-24,28,32H,2-15,18-20,25-27,29-30H2,1H3;1H. The lowest BCUT2D eigenvalue weighted by Gasteiger charge is -2.12. The van der Waals surface area contributed by atoms with Gasteiger partial charge in [-0.15, -0.1) is 0 Å². The van der Waals surface area contributed by atoms with Crippen molar-refractivity contribution in [1.29, 1.82) is 0 Å². The number of carbonyl (C=O) groups is 2. The van der Waals surface area contributed by atoms with Gasteiger partial charge in [0.2, 0.25) is 5.52 Å². The number of hydrogen-bond donors (Lipinski definition) is 1. The molecule has 0 aliphatic carbocycles. The summed E-state index contributed by atoms with van der Waals surface area (Å²) < 4.78 is 13.0. The number of aryl methyl sites for hydroxylation is 1. The molecule has 1 fully saturated rings. The molecule has 2 amide bonds. The maximum Gasteiger partial charge on any atom is 0.410 e. The van der Waals surface area contributed by atoms with E-state index in [0.29, 0.717) is 19.6 Å². The molecular formula is C35H56BrN3O4. The number of fused-ring (bicyclic) bond motifs is 1. The predicted octanol–water partition coefficient (Wildman–Crippen LogP) is 5.33. The molecule has 3 rings (SSSR count). The van der Waals surface area contributed by atoms with Crippen LogP contribution in [-0.2, 0) is 16.0 Å². The Morgan fingerprint density at radius 1 is 0.860 bits per heavy atom. The van der Waals surface area contributed by atoms with E-state index in [1.807, 2.05) is 0 Å². The van der Waals surface area contributed by atoms with Gasteiger partial charge >= 0.3 is 12.2 Å². The second-order valence-electron chi connectivity index (χ2n) is 11.9. The number of carbonyl (C=O) groups excluding carboxylic acids is 2. The van der Waals surface area contributed by atoms with Crippen LogP contribution < -0.4 is 26.9 Å². The van der Waals surface area contributed by atoms with E-state index in [9.17, 15) is 9.59 Å². The van der Waals surface area contributed by atoms with Crippen LogP contribution in [0.25, 0.3) is 10.9 Å². The third-order valence-corrected chi connectivity index (χ3v) is 8.26. The van der Waals surface area contributed by atoms with Crippen LogP contribution in [-0.4, -0.2) is 49.4 Å². The average molecular weight is 663 g/mol. The van der Waals surface area contributed by atoms with E-state index in [-0.39, 0.29) is 29.7 Å². The third-order valence-electron chi connectivity index (χ3n) is 8.26. The van der Waals surface area contributed by atoms with Crippen molar-refractivity contribution in [1.82, 2.24) is 10.2 Å². The topological polar surface area (TPSA) is 71.8 Å². The summed E-state index contributed by atoms with van der Waals surface area (Å²) in [4.78, 5) is 26.0. The number of hydrogen-bond acceptors (Lipinski definition) is 4. The Balaban J connectivity index is 0.00000645. The lowest BCUT2D eigenvalue weighted by molar-refractivity contribution is -0.671. The first-order chi connectivity index (χ1) is 20.7. The second kappa shape index (κ2) is 23.1. The molecule has 0 spiro atoms. The van der Waals surface area contributed by atoms with Crippen molar-refractivity contribution in [3.8, 4) is 0 Å². The Bertz CT molecular complexity index is 1030. The van der Waals surface area contributed by atoms with E-state index in [0.717, 1.165) is 32.2 Å². The van der Waals surface area contributed by atoms with Crippen LogP contribution in [0.2, 0.25) is 0 Å². The zero-order chi connectivity index (χ0) is 29.7. The summed E-state index contributed by atoms with van der Waals surface area (Å²) in [5.41, 5.74) is 1.22. The minimum atomic E-state index is -0.429. The number of halogens is 1. The van der Waals surface area contributed by atoms with Gasteiger partial charge in [0.25, 0.3) is 0 Å². The van der Waals surface area contributed by atoms with Crippen LogP contribution in [0, 0.1) is 0 Å². The molecule has 7 nitrogen and oxygen atoms in total. The Morgan fingerprint density at radius 2 is 1.47 bits per heavy atom. The van der Waals surface area contributed by atoms with Gasteiger partial charge in [-0.3, -0.25) is 0 Å². The van der Waals surface area contributed by atoms with Gasteiger partial charge in [0, 0.05) is 37.0 Å². The summed E-state index contributed by atoms with van der Waals surface area (Å²) >= 11 is 0. The summed E-state index contributed by atoms with van der Waals surface area (Å²) in [6, 6.07) is 12.6. The zero-order valence-electron chi connectivity index (χ0n) is 26.6. The van der Waals surface area contributed by atoms with Gasteiger partial charge in [-0.05, 0) is 25.0 Å². The molecule has 0 bridgehead atoms. The number of cyclic esters (lactones) is 1. The predicted molar refractivity (Wildman–Crippen MR) is 169 cm³/mol. The number of pyridine rings is 1. The van der Waals surface area contributed by atoms with Crippen molar-refractivity contribution in [3.05, 3.63) is 42.6 Å². The lowest BCUT2D eigenvalue weighted by Crippen LogP contribution is -3.00. The maximum absolute atomic E-state index is 12.2. The molecule has 0 radical (unpaired) electrons. The van der Waals surface area contributed by atoms with Crippen molar-refractivity contribution < 1.29 is 40.6 Å². The van der Waals surface area contributed by atoms with Crippen LogP contribution in [0.4, 0.5) is 9.59 Å². The summed E-state index contributed by atoms with van der Waals surface area (Å²) in [5, 5.41) is 4.05. The van der Waals surface area contributed by atoms with Crippen molar-refractivity contribution in [3.63, 3.8) is 0 Å². The summed E-state index contributed by atoms with van der Waals surface area (Å²) in [5.74, 6) is 0. The Hall–Kier alpha value is -2.35. The largest absolute Gasteiger partial charge is 1.00 e. The monoisotopic (exact) mass is 661 g/mol. The first kappa shape index (κ1) is 36.8. The number of nitrogens with zero attached hydrogens (tertiary/aromatic N) is 2. The molecule has 1 saturated heterocycles. The number of nitrogens with one attached hydrogen (secondary N) is 1. The van der Waals surface area contributed by atoms with Crippen molar-refractivity contribution in [2.75, 3.05) is 26.2 Å². The molecule has 1 aliphatic heterocycles. The lowest BCUT2D eigenvalue weighted by atomic mass is 10.0. The number of benzene rings is 1. The van der Waals surface area contributed by atoms with E-state index in [1.54, 1.807) is 4.90 Å². The van der Waals surface area contributed by atoms with Gasteiger partial charge in [-0.1, -0.05) is 109 Å². The molecule has 242 valence electrons. The molecule has 8 heteroatoms. The van der Waals surface area contributed by atoms with Crippen molar-refractivity contribution in [2.45, 2.75) is 129 Å². The average Bonchev–Trinajstić information content (AvgIpc) is 3.37. The number of unbranched alkanes of at least 4 members (excludes halogenated alkanes) is 15. The maximum atomic E-state index is 12.2. The molecule has 1 aromatic carbocycles. The molecule has 0 saturated carbocycles. The van der Waals surface area contributed by atoms with Gasteiger partial charge in [-0.2, -0.15) is 4.57 Å². The summed E-state index contributed by atoms with van der Waals surface area (Å²) in [7, 11) is 0. The number of para-hydroxylation sites is 1. The quantitative estimate of drug-likeness (QED) is 0.129. The minimum Gasteiger partial charge on any atom is -1.00 e. The van der Waals surface area contributed by atoms with Crippen LogP contribution in [0.3, 0.4) is 0 Å². The number of aromatic nitrogens is 1. The Kier molecular flexibility index (Phi) is 19.8.